The lowest BCUT2D eigenvalue weighted by Crippen LogP contribution is -2.52. The van der Waals surface area contributed by atoms with Crippen LogP contribution < -0.4 is 11.1 Å². The molecule has 10 nitrogen and oxygen atoms in total. The topological polar surface area (TPSA) is 137 Å². The maximum atomic E-state index is 13.6. The maximum Gasteiger partial charge on any atom is 0.272 e. The lowest BCUT2D eigenvalue weighted by Gasteiger charge is -2.35. The number of fused-ring (bicyclic) bond motifs is 1. The first-order valence-electron chi connectivity index (χ1n) is 12.3. The van der Waals surface area contributed by atoms with E-state index in [9.17, 15) is 18.0 Å². The Kier molecular flexibility index (Phi) is 7.72. The van der Waals surface area contributed by atoms with E-state index < -0.39 is 19.3 Å². The van der Waals surface area contributed by atoms with Crippen LogP contribution >= 0.6 is 11.6 Å². The number of aryl methyl sites for hydroxylation is 1. The predicted molar refractivity (Wildman–Crippen MR) is 140 cm³/mol. The molecule has 1 aliphatic carbocycles. The summed E-state index contributed by atoms with van der Waals surface area (Å²) in [5.74, 6) is -0.680. The number of sulfone groups is 1. The molecule has 1 fully saturated rings. The highest BCUT2D eigenvalue weighted by Gasteiger charge is 2.61. The van der Waals surface area contributed by atoms with Crippen molar-refractivity contribution in [2.45, 2.75) is 49.1 Å². The summed E-state index contributed by atoms with van der Waals surface area (Å²) in [6, 6.07) is 7.15. The van der Waals surface area contributed by atoms with Gasteiger partial charge >= 0.3 is 0 Å². The Morgan fingerprint density at radius 2 is 1.95 bits per heavy atom. The van der Waals surface area contributed by atoms with E-state index in [4.69, 9.17) is 22.1 Å². The van der Waals surface area contributed by atoms with Crippen molar-refractivity contribution in [3.63, 3.8) is 0 Å². The first-order valence-corrected chi connectivity index (χ1v) is 14.2. The van der Waals surface area contributed by atoms with Gasteiger partial charge in [0.2, 0.25) is 0 Å². The largest absolute Gasteiger partial charge is 0.379 e. The lowest BCUT2D eigenvalue weighted by atomic mass is 10.0. The Bertz CT molecular complexity index is 1290. The summed E-state index contributed by atoms with van der Waals surface area (Å²) in [6.07, 6.45) is 1.41. The molecule has 2 amide bonds. The summed E-state index contributed by atoms with van der Waals surface area (Å²) >= 11 is 5.92. The standard InChI is InChI=1S/C25H34ClN5O5S/c1-24(2,16-36-13-11-27)37(34,35)25(9-10-25)15-31-12-8-19-20(29-30(3)21(19)23(31)33)22(32)28-14-17-4-6-18(26)7-5-17/h4-7H,8-16,27H2,1-3H3,(H,28,32). The van der Waals surface area contributed by atoms with Crippen LogP contribution in [-0.4, -0.2) is 77.3 Å². The zero-order chi connectivity index (χ0) is 27.0. The number of hydrogen-bond acceptors (Lipinski definition) is 7. The second-order valence-electron chi connectivity index (χ2n) is 10.4. The van der Waals surface area contributed by atoms with Crippen molar-refractivity contribution in [2.75, 3.05) is 32.8 Å². The molecule has 1 aliphatic heterocycles. The Labute approximate surface area is 222 Å². The second-order valence-corrected chi connectivity index (χ2v) is 13.8. The molecule has 0 saturated heterocycles. The first kappa shape index (κ1) is 27.6. The molecule has 202 valence electrons. The number of benzene rings is 1. The molecule has 1 aromatic carbocycles. The lowest BCUT2D eigenvalue weighted by molar-refractivity contribution is 0.0723. The Balaban J connectivity index is 1.47. The minimum atomic E-state index is -3.62. The van der Waals surface area contributed by atoms with Crippen LogP contribution in [0.25, 0.3) is 0 Å². The fourth-order valence-corrected chi connectivity index (χ4v) is 7.34. The normalized spacial score (nSPS) is 17.0. The smallest absolute Gasteiger partial charge is 0.272 e. The summed E-state index contributed by atoms with van der Waals surface area (Å²) in [4.78, 5) is 28.0. The number of nitrogens with two attached hydrogens (primary N) is 1. The molecule has 37 heavy (non-hydrogen) atoms. The number of aromatic nitrogens is 2. The van der Waals surface area contributed by atoms with Gasteiger partial charge in [0.05, 0.1) is 22.7 Å². The van der Waals surface area contributed by atoms with Crippen LogP contribution in [0.15, 0.2) is 24.3 Å². The van der Waals surface area contributed by atoms with Gasteiger partial charge in [0, 0.05) is 43.8 Å². The van der Waals surface area contributed by atoms with E-state index in [1.807, 2.05) is 12.1 Å². The van der Waals surface area contributed by atoms with E-state index in [-0.39, 0.29) is 37.3 Å². The van der Waals surface area contributed by atoms with Crippen LogP contribution in [0, 0.1) is 0 Å². The average Bonchev–Trinajstić information content (AvgIpc) is 3.56. The van der Waals surface area contributed by atoms with Gasteiger partial charge in [-0.05, 0) is 50.8 Å². The van der Waals surface area contributed by atoms with Gasteiger partial charge in [0.15, 0.2) is 15.5 Å². The molecular weight excluding hydrogens is 518 g/mol. The van der Waals surface area contributed by atoms with Crippen LogP contribution in [0.3, 0.4) is 0 Å². The number of carbonyl (C=O) groups is 2. The van der Waals surface area contributed by atoms with E-state index >= 15 is 0 Å². The summed E-state index contributed by atoms with van der Waals surface area (Å²) < 4.78 is 32.0. The Morgan fingerprint density at radius 3 is 2.57 bits per heavy atom. The third-order valence-corrected chi connectivity index (χ3v) is 10.6. The van der Waals surface area contributed by atoms with Crippen molar-refractivity contribution in [3.05, 3.63) is 51.8 Å². The van der Waals surface area contributed by atoms with Gasteiger partial charge < -0.3 is 20.7 Å². The van der Waals surface area contributed by atoms with Crippen molar-refractivity contribution < 1.29 is 22.7 Å². The molecule has 0 radical (unpaired) electrons. The van der Waals surface area contributed by atoms with Crippen LogP contribution in [-0.2, 0) is 34.6 Å². The number of halogens is 1. The third-order valence-electron chi connectivity index (χ3n) is 7.14. The molecule has 12 heteroatoms. The molecule has 3 N–H and O–H groups in total. The van der Waals surface area contributed by atoms with Gasteiger partial charge in [-0.3, -0.25) is 14.3 Å². The number of amides is 2. The first-order chi connectivity index (χ1) is 17.4. The van der Waals surface area contributed by atoms with E-state index in [1.54, 1.807) is 37.9 Å². The highest BCUT2D eigenvalue weighted by molar-refractivity contribution is 7.94. The van der Waals surface area contributed by atoms with Crippen molar-refractivity contribution in [1.29, 1.82) is 0 Å². The van der Waals surface area contributed by atoms with Crippen molar-refractivity contribution in [3.8, 4) is 0 Å². The van der Waals surface area contributed by atoms with Gasteiger partial charge in [0.25, 0.3) is 11.8 Å². The Hall–Kier alpha value is -2.47. The SMILES string of the molecule is Cn1nc(C(=O)NCc2ccc(Cl)cc2)c2c1C(=O)N(CC1(S(=O)(=O)C(C)(C)COCCN)CC1)CC2. The van der Waals surface area contributed by atoms with Crippen molar-refractivity contribution >= 4 is 33.3 Å². The van der Waals surface area contributed by atoms with Gasteiger partial charge in [-0.25, -0.2) is 8.42 Å². The number of hydrogen-bond donors (Lipinski definition) is 2. The molecule has 4 rings (SSSR count). The summed E-state index contributed by atoms with van der Waals surface area (Å²) in [7, 11) is -1.99. The van der Waals surface area contributed by atoms with Gasteiger partial charge in [-0.15, -0.1) is 0 Å². The van der Waals surface area contributed by atoms with Crippen LogP contribution in [0.2, 0.25) is 5.02 Å². The zero-order valence-corrected chi connectivity index (χ0v) is 23.0. The molecule has 0 unspecified atom stereocenters. The minimum Gasteiger partial charge on any atom is -0.379 e. The third kappa shape index (κ3) is 5.27. The van der Waals surface area contributed by atoms with Gasteiger partial charge in [-0.2, -0.15) is 5.10 Å². The fraction of sp³-hybridized carbons (Fsp3) is 0.560. The van der Waals surface area contributed by atoms with E-state index in [1.165, 1.54) is 4.68 Å². The molecular formula is C25H34ClN5O5S. The summed E-state index contributed by atoms with van der Waals surface area (Å²) in [6.45, 7) is 4.69. The number of nitrogens with one attached hydrogen (secondary N) is 1. The minimum absolute atomic E-state index is 0.0442. The predicted octanol–water partition coefficient (Wildman–Crippen LogP) is 1.70. The molecule has 0 bridgehead atoms. The van der Waals surface area contributed by atoms with Crippen LogP contribution in [0.4, 0.5) is 0 Å². The zero-order valence-electron chi connectivity index (χ0n) is 21.4. The van der Waals surface area contributed by atoms with Crippen LogP contribution in [0.5, 0.6) is 0 Å². The second kappa shape index (κ2) is 10.4. The highest BCUT2D eigenvalue weighted by Crippen LogP contribution is 2.49. The number of nitrogens with zero attached hydrogens (tertiary/aromatic N) is 3. The number of ether oxygens (including phenoxy) is 1. The van der Waals surface area contributed by atoms with Gasteiger partial charge in [0.1, 0.15) is 5.69 Å². The van der Waals surface area contributed by atoms with E-state index in [0.717, 1.165) is 5.56 Å². The Morgan fingerprint density at radius 1 is 1.27 bits per heavy atom. The molecule has 1 saturated carbocycles. The molecule has 2 heterocycles. The fourth-order valence-electron chi connectivity index (χ4n) is 4.84. The summed E-state index contributed by atoms with van der Waals surface area (Å²) in [5, 5.41) is 7.80. The number of carbonyl (C=O) groups excluding carboxylic acids is 2. The number of rotatable bonds is 11. The molecule has 0 atom stereocenters. The molecule has 1 aromatic heterocycles. The van der Waals surface area contributed by atoms with Crippen molar-refractivity contribution in [1.82, 2.24) is 20.0 Å². The molecule has 0 spiro atoms. The van der Waals surface area contributed by atoms with Gasteiger partial charge in [-0.1, -0.05) is 23.7 Å². The molecule has 2 aliphatic rings. The molecule has 2 aromatic rings. The highest BCUT2D eigenvalue weighted by atomic mass is 35.5. The van der Waals surface area contributed by atoms with Crippen LogP contribution in [0.1, 0.15) is 58.8 Å². The monoisotopic (exact) mass is 551 g/mol. The quantitative estimate of drug-likeness (QED) is 0.405. The summed E-state index contributed by atoms with van der Waals surface area (Å²) in [5.41, 5.74) is 7.47. The van der Waals surface area contributed by atoms with Crippen molar-refractivity contribution in [2.24, 2.45) is 12.8 Å². The maximum absolute atomic E-state index is 13.6. The van der Waals surface area contributed by atoms with E-state index in [2.05, 4.69) is 10.4 Å². The van der Waals surface area contributed by atoms with E-state index in [0.29, 0.717) is 55.2 Å². The average molecular weight is 552 g/mol.